The highest BCUT2D eigenvalue weighted by molar-refractivity contribution is 8.02. The van der Waals surface area contributed by atoms with E-state index in [9.17, 15) is 4.79 Å². The number of rotatable bonds is 0. The summed E-state index contributed by atoms with van der Waals surface area (Å²) in [7, 11) is 0. The van der Waals surface area contributed by atoms with Gasteiger partial charge in [-0.05, 0) is 12.8 Å². The van der Waals surface area contributed by atoms with Gasteiger partial charge in [-0.15, -0.1) is 0 Å². The standard InChI is InChI=1S/C5H8OS2/c6-4-2-1-3-5(4,7)8/h7-8H,1-3H2. The van der Waals surface area contributed by atoms with E-state index in [2.05, 4.69) is 25.3 Å². The van der Waals surface area contributed by atoms with Gasteiger partial charge in [0.25, 0.3) is 0 Å². The molecular weight excluding hydrogens is 140 g/mol. The fraction of sp³-hybridized carbons (Fsp3) is 0.800. The predicted octanol–water partition coefficient (Wildman–Crippen LogP) is 1.30. The van der Waals surface area contributed by atoms with Crippen molar-refractivity contribution >= 4 is 31.0 Å². The molecule has 0 unspecified atom stereocenters. The maximum Gasteiger partial charge on any atom is 0.158 e. The second kappa shape index (κ2) is 1.95. The molecule has 0 radical (unpaired) electrons. The number of hydrogen-bond donors (Lipinski definition) is 2. The van der Waals surface area contributed by atoms with Gasteiger partial charge in [-0.3, -0.25) is 4.79 Å². The molecule has 0 aromatic heterocycles. The van der Waals surface area contributed by atoms with Crippen molar-refractivity contribution in [2.75, 3.05) is 0 Å². The first kappa shape index (κ1) is 6.49. The van der Waals surface area contributed by atoms with E-state index in [1.165, 1.54) is 0 Å². The molecule has 0 atom stereocenters. The molecule has 1 nitrogen and oxygen atoms in total. The Labute approximate surface area is 59.7 Å². The van der Waals surface area contributed by atoms with Crippen molar-refractivity contribution < 1.29 is 4.79 Å². The van der Waals surface area contributed by atoms with Crippen molar-refractivity contribution in [3.05, 3.63) is 0 Å². The molecule has 1 aliphatic carbocycles. The number of carbonyl (C=O) groups is 1. The van der Waals surface area contributed by atoms with E-state index in [-0.39, 0.29) is 5.78 Å². The largest absolute Gasteiger partial charge is 0.297 e. The van der Waals surface area contributed by atoms with Crippen LogP contribution in [-0.4, -0.2) is 9.86 Å². The van der Waals surface area contributed by atoms with Gasteiger partial charge >= 0.3 is 0 Å². The van der Waals surface area contributed by atoms with E-state index in [1.807, 2.05) is 0 Å². The minimum atomic E-state index is -0.597. The molecular formula is C5H8OS2. The van der Waals surface area contributed by atoms with Crippen molar-refractivity contribution in [2.45, 2.75) is 23.3 Å². The minimum absolute atomic E-state index is 0.171. The molecule has 0 saturated heterocycles. The van der Waals surface area contributed by atoms with Crippen LogP contribution in [0.4, 0.5) is 0 Å². The third kappa shape index (κ3) is 1.03. The van der Waals surface area contributed by atoms with Crippen LogP contribution in [0.3, 0.4) is 0 Å². The van der Waals surface area contributed by atoms with E-state index < -0.39 is 4.08 Å². The van der Waals surface area contributed by atoms with Crippen LogP contribution in [0.2, 0.25) is 0 Å². The summed E-state index contributed by atoms with van der Waals surface area (Å²) in [6.07, 6.45) is 2.43. The Balaban J connectivity index is 2.68. The summed E-state index contributed by atoms with van der Waals surface area (Å²) in [5.41, 5.74) is 0. The number of carbonyl (C=O) groups excluding carboxylic acids is 1. The Morgan fingerprint density at radius 1 is 1.50 bits per heavy atom. The lowest BCUT2D eigenvalue weighted by Crippen LogP contribution is -2.17. The van der Waals surface area contributed by atoms with Crippen LogP contribution in [0.15, 0.2) is 0 Å². The van der Waals surface area contributed by atoms with Gasteiger partial charge in [0.1, 0.15) is 4.08 Å². The highest BCUT2D eigenvalue weighted by atomic mass is 32.2. The molecule has 0 heterocycles. The second-order valence-corrected chi connectivity index (χ2v) is 3.97. The summed E-state index contributed by atoms with van der Waals surface area (Å²) >= 11 is 8.12. The normalized spacial score (nSPS) is 26.5. The first-order valence-electron chi connectivity index (χ1n) is 2.61. The quantitative estimate of drug-likeness (QED) is 0.391. The van der Waals surface area contributed by atoms with Gasteiger partial charge in [0.05, 0.1) is 0 Å². The minimum Gasteiger partial charge on any atom is -0.297 e. The number of hydrogen-bond acceptors (Lipinski definition) is 3. The van der Waals surface area contributed by atoms with Crippen molar-refractivity contribution in [3.63, 3.8) is 0 Å². The van der Waals surface area contributed by atoms with Gasteiger partial charge in [-0.1, -0.05) is 0 Å². The summed E-state index contributed by atoms with van der Waals surface area (Å²) in [6.45, 7) is 0. The maximum atomic E-state index is 10.7. The van der Waals surface area contributed by atoms with Gasteiger partial charge in [0.15, 0.2) is 5.78 Å². The van der Waals surface area contributed by atoms with Crippen LogP contribution in [0.1, 0.15) is 19.3 Å². The summed E-state index contributed by atoms with van der Waals surface area (Å²) < 4.78 is -0.597. The molecule has 8 heavy (non-hydrogen) atoms. The first-order chi connectivity index (χ1) is 3.63. The van der Waals surface area contributed by atoms with Gasteiger partial charge < -0.3 is 0 Å². The third-order valence-corrected chi connectivity index (χ3v) is 2.32. The molecule has 0 aromatic carbocycles. The molecule has 0 bridgehead atoms. The Bertz CT molecular complexity index is 120. The van der Waals surface area contributed by atoms with Crippen molar-refractivity contribution in [1.82, 2.24) is 0 Å². The van der Waals surface area contributed by atoms with E-state index in [1.54, 1.807) is 0 Å². The van der Waals surface area contributed by atoms with Gasteiger partial charge in [0.2, 0.25) is 0 Å². The average Bonchev–Trinajstić information content (AvgIpc) is 1.86. The lowest BCUT2D eigenvalue weighted by atomic mass is 10.3. The van der Waals surface area contributed by atoms with Crippen LogP contribution < -0.4 is 0 Å². The SMILES string of the molecule is O=C1CCCC1(S)S. The molecule has 1 rings (SSSR count). The third-order valence-electron chi connectivity index (χ3n) is 1.38. The summed E-state index contributed by atoms with van der Waals surface area (Å²) in [4.78, 5) is 10.7. The highest BCUT2D eigenvalue weighted by Crippen LogP contribution is 2.34. The lowest BCUT2D eigenvalue weighted by molar-refractivity contribution is -0.117. The van der Waals surface area contributed by atoms with Crippen LogP contribution in [0, 0.1) is 0 Å². The Morgan fingerprint density at radius 3 is 2.25 bits per heavy atom. The van der Waals surface area contributed by atoms with Crippen LogP contribution >= 0.6 is 25.3 Å². The number of ketones is 1. The summed E-state index contributed by atoms with van der Waals surface area (Å²) in [5.74, 6) is 0.171. The number of thiol groups is 2. The fourth-order valence-electron chi connectivity index (χ4n) is 0.835. The lowest BCUT2D eigenvalue weighted by Gasteiger charge is -2.09. The Hall–Kier alpha value is 0.370. The molecule has 0 N–H and O–H groups in total. The topological polar surface area (TPSA) is 17.1 Å². The Kier molecular flexibility index (Phi) is 1.59. The molecule has 0 aliphatic heterocycles. The summed E-state index contributed by atoms with van der Waals surface area (Å²) in [6, 6.07) is 0. The zero-order chi connectivity index (χ0) is 6.20. The number of Topliss-reactive ketones (excluding diaryl/α,β-unsaturated/α-hetero) is 1. The Morgan fingerprint density at radius 2 is 2.12 bits per heavy atom. The van der Waals surface area contributed by atoms with Crippen LogP contribution in [0.5, 0.6) is 0 Å². The van der Waals surface area contributed by atoms with Gasteiger partial charge in [-0.25, -0.2) is 0 Å². The van der Waals surface area contributed by atoms with Crippen LogP contribution in [-0.2, 0) is 4.79 Å². The molecule has 0 aromatic rings. The molecule has 1 saturated carbocycles. The van der Waals surface area contributed by atoms with Crippen molar-refractivity contribution in [1.29, 1.82) is 0 Å². The van der Waals surface area contributed by atoms with E-state index in [0.29, 0.717) is 6.42 Å². The van der Waals surface area contributed by atoms with E-state index >= 15 is 0 Å². The van der Waals surface area contributed by atoms with E-state index in [0.717, 1.165) is 12.8 Å². The molecule has 0 amide bonds. The smallest absolute Gasteiger partial charge is 0.158 e. The zero-order valence-corrected chi connectivity index (χ0v) is 6.21. The molecule has 46 valence electrons. The molecule has 1 aliphatic rings. The van der Waals surface area contributed by atoms with Crippen molar-refractivity contribution in [2.24, 2.45) is 0 Å². The molecule has 3 heteroatoms. The maximum absolute atomic E-state index is 10.7. The predicted molar refractivity (Wildman–Crippen MR) is 39.6 cm³/mol. The van der Waals surface area contributed by atoms with Gasteiger partial charge in [-0.2, -0.15) is 25.3 Å². The summed E-state index contributed by atoms with van der Waals surface area (Å²) in [5, 5.41) is 0. The second-order valence-electron chi connectivity index (χ2n) is 2.09. The highest BCUT2D eigenvalue weighted by Gasteiger charge is 2.34. The molecule has 1 fully saturated rings. The average molecular weight is 148 g/mol. The first-order valence-corrected chi connectivity index (χ1v) is 3.50. The van der Waals surface area contributed by atoms with Crippen molar-refractivity contribution in [3.8, 4) is 0 Å². The monoisotopic (exact) mass is 148 g/mol. The van der Waals surface area contributed by atoms with E-state index in [4.69, 9.17) is 0 Å². The van der Waals surface area contributed by atoms with Gasteiger partial charge in [0, 0.05) is 6.42 Å². The fourth-order valence-corrected chi connectivity index (χ4v) is 1.37. The zero-order valence-electron chi connectivity index (χ0n) is 4.42. The van der Waals surface area contributed by atoms with Crippen LogP contribution in [0.25, 0.3) is 0 Å². The molecule has 0 spiro atoms.